The van der Waals surface area contributed by atoms with Crippen molar-refractivity contribution in [3.05, 3.63) is 24.0 Å². The Morgan fingerprint density at radius 1 is 1.40 bits per heavy atom. The van der Waals surface area contributed by atoms with Gasteiger partial charge in [-0.25, -0.2) is 0 Å². The van der Waals surface area contributed by atoms with Crippen LogP contribution >= 0.6 is 0 Å². The molecule has 1 aromatic rings. The summed E-state index contributed by atoms with van der Waals surface area (Å²) in [6.07, 6.45) is 3.35. The van der Waals surface area contributed by atoms with Crippen molar-refractivity contribution in [3.8, 4) is 0 Å². The maximum Gasteiger partial charge on any atom is 0.0723 e. The molecule has 1 aliphatic rings. The van der Waals surface area contributed by atoms with Crippen LogP contribution in [0.2, 0.25) is 0 Å². The Labute approximate surface area is 122 Å². The summed E-state index contributed by atoms with van der Waals surface area (Å²) in [6.45, 7) is 11.3. The van der Waals surface area contributed by atoms with E-state index in [1.165, 1.54) is 5.69 Å². The molecule has 20 heavy (non-hydrogen) atoms. The molecule has 1 saturated heterocycles. The highest BCUT2D eigenvalue weighted by molar-refractivity contribution is 5.46. The van der Waals surface area contributed by atoms with Crippen LogP contribution in [-0.4, -0.2) is 36.8 Å². The van der Waals surface area contributed by atoms with Crippen LogP contribution in [0.15, 0.2) is 18.3 Å². The highest BCUT2D eigenvalue weighted by Gasteiger charge is 2.24. The third kappa shape index (κ3) is 3.49. The molecule has 3 atom stereocenters. The van der Waals surface area contributed by atoms with E-state index in [1.807, 2.05) is 6.20 Å². The zero-order chi connectivity index (χ0) is 14.5. The smallest absolute Gasteiger partial charge is 0.0723 e. The second-order valence-corrected chi connectivity index (χ2v) is 5.61. The Balaban J connectivity index is 2.10. The number of pyridine rings is 1. The zero-order valence-corrected chi connectivity index (χ0v) is 13.1. The van der Waals surface area contributed by atoms with Crippen molar-refractivity contribution in [1.82, 2.24) is 10.3 Å². The minimum Gasteiger partial charge on any atom is -0.375 e. The molecule has 0 radical (unpaired) electrons. The lowest BCUT2D eigenvalue weighted by atomic mass is 10.1. The van der Waals surface area contributed by atoms with Gasteiger partial charge in [-0.15, -0.1) is 0 Å². The molecule has 2 heterocycles. The second kappa shape index (κ2) is 7.04. The van der Waals surface area contributed by atoms with E-state index in [9.17, 15) is 0 Å². The van der Waals surface area contributed by atoms with Crippen molar-refractivity contribution < 1.29 is 4.74 Å². The second-order valence-electron chi connectivity index (χ2n) is 5.61. The van der Waals surface area contributed by atoms with Crippen molar-refractivity contribution >= 4 is 5.69 Å². The molecular weight excluding hydrogens is 250 g/mol. The summed E-state index contributed by atoms with van der Waals surface area (Å²) in [5.41, 5.74) is 2.33. The normalized spacial score (nSPS) is 24.7. The first kappa shape index (κ1) is 15.3. The number of rotatable bonds is 5. The van der Waals surface area contributed by atoms with Crippen molar-refractivity contribution in [3.63, 3.8) is 0 Å². The molecule has 4 heteroatoms. The van der Waals surface area contributed by atoms with Gasteiger partial charge in [0, 0.05) is 18.6 Å². The zero-order valence-electron chi connectivity index (χ0n) is 13.1. The third-order valence-electron chi connectivity index (χ3n) is 3.93. The number of nitrogens with zero attached hydrogens (tertiary/aromatic N) is 2. The molecule has 3 unspecified atom stereocenters. The molecule has 4 nitrogen and oxygen atoms in total. The number of aromatic nitrogens is 1. The number of ether oxygens (including phenoxy) is 1. The van der Waals surface area contributed by atoms with Crippen molar-refractivity contribution in [2.75, 3.05) is 24.6 Å². The molecule has 1 aliphatic heterocycles. The molecule has 0 saturated carbocycles. The van der Waals surface area contributed by atoms with E-state index in [0.29, 0.717) is 12.1 Å². The fraction of sp³-hybridized carbons (Fsp3) is 0.688. The summed E-state index contributed by atoms with van der Waals surface area (Å²) in [7, 11) is 0. The molecule has 1 fully saturated rings. The largest absolute Gasteiger partial charge is 0.375 e. The molecule has 1 N–H and O–H groups in total. The summed E-state index contributed by atoms with van der Waals surface area (Å²) < 4.78 is 5.68. The molecular formula is C16H27N3O. The Bertz CT molecular complexity index is 407. The molecule has 0 amide bonds. The van der Waals surface area contributed by atoms with E-state index < -0.39 is 0 Å². The van der Waals surface area contributed by atoms with Crippen LogP contribution < -0.4 is 10.2 Å². The highest BCUT2D eigenvalue weighted by Crippen LogP contribution is 2.23. The van der Waals surface area contributed by atoms with Gasteiger partial charge < -0.3 is 15.0 Å². The Kier molecular flexibility index (Phi) is 5.38. The van der Waals surface area contributed by atoms with Crippen LogP contribution in [-0.2, 0) is 4.74 Å². The van der Waals surface area contributed by atoms with E-state index in [4.69, 9.17) is 4.74 Å². The van der Waals surface area contributed by atoms with Gasteiger partial charge in [0.05, 0.1) is 30.3 Å². The quantitative estimate of drug-likeness (QED) is 0.898. The highest BCUT2D eigenvalue weighted by atomic mass is 16.5. The standard InChI is InChI=1S/C16H27N3O/c1-5-15(17-6-2)16-8-7-14(9-18-16)19-10-13(4)20-11-12(19)3/h7-9,12-13,15,17H,5-6,10-11H2,1-4H3. The fourth-order valence-electron chi connectivity index (χ4n) is 2.74. The Morgan fingerprint density at radius 2 is 2.20 bits per heavy atom. The topological polar surface area (TPSA) is 37.4 Å². The maximum absolute atomic E-state index is 5.68. The summed E-state index contributed by atoms with van der Waals surface area (Å²) in [5, 5.41) is 3.47. The van der Waals surface area contributed by atoms with Gasteiger partial charge in [-0.3, -0.25) is 4.98 Å². The first-order chi connectivity index (χ1) is 9.65. The van der Waals surface area contributed by atoms with Gasteiger partial charge in [0.25, 0.3) is 0 Å². The predicted molar refractivity (Wildman–Crippen MR) is 83.2 cm³/mol. The Morgan fingerprint density at radius 3 is 2.80 bits per heavy atom. The summed E-state index contributed by atoms with van der Waals surface area (Å²) in [5.74, 6) is 0. The predicted octanol–water partition coefficient (Wildman–Crippen LogP) is 2.76. The van der Waals surface area contributed by atoms with E-state index in [1.54, 1.807) is 0 Å². The molecule has 0 aromatic carbocycles. The van der Waals surface area contributed by atoms with Gasteiger partial charge in [-0.2, -0.15) is 0 Å². The van der Waals surface area contributed by atoms with Crippen molar-refractivity contribution in [1.29, 1.82) is 0 Å². The average molecular weight is 277 g/mol. The number of morpholine rings is 1. The van der Waals surface area contributed by atoms with Crippen LogP contribution in [0.3, 0.4) is 0 Å². The average Bonchev–Trinajstić information content (AvgIpc) is 2.47. The number of hydrogen-bond donors (Lipinski definition) is 1. The Hall–Kier alpha value is -1.13. The molecule has 2 rings (SSSR count). The van der Waals surface area contributed by atoms with Gasteiger partial charge in [-0.1, -0.05) is 13.8 Å². The first-order valence-corrected chi connectivity index (χ1v) is 7.73. The lowest BCUT2D eigenvalue weighted by molar-refractivity contribution is 0.0343. The lowest BCUT2D eigenvalue weighted by Gasteiger charge is -2.38. The van der Waals surface area contributed by atoms with E-state index in [0.717, 1.165) is 31.8 Å². The summed E-state index contributed by atoms with van der Waals surface area (Å²) in [6, 6.07) is 5.11. The number of nitrogens with one attached hydrogen (secondary N) is 1. The van der Waals surface area contributed by atoms with Crippen LogP contribution in [0, 0.1) is 0 Å². The van der Waals surface area contributed by atoms with E-state index in [2.05, 4.69) is 55.0 Å². The van der Waals surface area contributed by atoms with Gasteiger partial charge in [-0.05, 0) is 38.9 Å². The minimum absolute atomic E-state index is 0.288. The van der Waals surface area contributed by atoms with Gasteiger partial charge in [0.1, 0.15) is 0 Å². The van der Waals surface area contributed by atoms with Gasteiger partial charge in [0.2, 0.25) is 0 Å². The maximum atomic E-state index is 5.68. The van der Waals surface area contributed by atoms with Crippen LogP contribution in [0.25, 0.3) is 0 Å². The van der Waals surface area contributed by atoms with E-state index in [-0.39, 0.29) is 6.10 Å². The van der Waals surface area contributed by atoms with Crippen LogP contribution in [0.5, 0.6) is 0 Å². The number of anilines is 1. The fourth-order valence-corrected chi connectivity index (χ4v) is 2.74. The van der Waals surface area contributed by atoms with Crippen LogP contribution in [0.4, 0.5) is 5.69 Å². The molecule has 0 spiro atoms. The first-order valence-electron chi connectivity index (χ1n) is 7.73. The van der Waals surface area contributed by atoms with E-state index >= 15 is 0 Å². The summed E-state index contributed by atoms with van der Waals surface area (Å²) in [4.78, 5) is 7.05. The molecule has 112 valence electrons. The molecule has 0 aliphatic carbocycles. The number of hydrogen-bond acceptors (Lipinski definition) is 4. The third-order valence-corrected chi connectivity index (χ3v) is 3.93. The van der Waals surface area contributed by atoms with Crippen molar-refractivity contribution in [2.45, 2.75) is 52.3 Å². The molecule has 1 aromatic heterocycles. The van der Waals surface area contributed by atoms with Crippen LogP contribution in [0.1, 0.15) is 45.9 Å². The van der Waals surface area contributed by atoms with Gasteiger partial charge in [0.15, 0.2) is 0 Å². The van der Waals surface area contributed by atoms with Crippen molar-refractivity contribution in [2.24, 2.45) is 0 Å². The molecule has 0 bridgehead atoms. The SMILES string of the molecule is CCNC(CC)c1ccc(N2CC(C)OCC2C)cn1. The minimum atomic E-state index is 0.288. The lowest BCUT2D eigenvalue weighted by Crippen LogP contribution is -2.47. The summed E-state index contributed by atoms with van der Waals surface area (Å²) >= 11 is 0. The van der Waals surface area contributed by atoms with Gasteiger partial charge >= 0.3 is 0 Å². The monoisotopic (exact) mass is 277 g/mol.